The molecule has 2 aromatic rings. The minimum absolute atomic E-state index is 0.195. The van der Waals surface area contributed by atoms with Crippen LogP contribution in [0.1, 0.15) is 58.6 Å². The maximum atomic E-state index is 13.6. The number of sulfonamides is 1. The SMILES string of the molecule is COC(=O)c1ccc(NC(=O)c2ccc(N3CCCCC3)c(S(=O)(=O)N3CCCCC3)c2)s1. The van der Waals surface area contributed by atoms with Crippen LogP contribution in [0, 0.1) is 0 Å². The molecule has 10 heteroatoms. The first kappa shape index (κ1) is 23.7. The fraction of sp³-hybridized carbons (Fsp3) is 0.478. The van der Waals surface area contributed by atoms with Gasteiger partial charge in [-0.3, -0.25) is 4.79 Å². The van der Waals surface area contributed by atoms with Crippen LogP contribution < -0.4 is 10.2 Å². The Morgan fingerprint density at radius 1 is 0.939 bits per heavy atom. The highest BCUT2D eigenvalue weighted by Crippen LogP contribution is 2.33. The number of amides is 1. The van der Waals surface area contributed by atoms with Gasteiger partial charge >= 0.3 is 5.97 Å². The van der Waals surface area contributed by atoms with Crippen LogP contribution in [0.3, 0.4) is 0 Å². The third kappa shape index (κ3) is 5.23. The number of ether oxygens (including phenoxy) is 1. The van der Waals surface area contributed by atoms with Crippen LogP contribution in [0.5, 0.6) is 0 Å². The van der Waals surface area contributed by atoms with E-state index in [1.165, 1.54) is 13.2 Å². The highest BCUT2D eigenvalue weighted by molar-refractivity contribution is 7.89. The van der Waals surface area contributed by atoms with Crippen LogP contribution in [-0.2, 0) is 14.8 Å². The zero-order valence-electron chi connectivity index (χ0n) is 18.7. The smallest absolute Gasteiger partial charge is 0.348 e. The molecule has 2 saturated heterocycles. The molecule has 0 bridgehead atoms. The van der Waals surface area contributed by atoms with Gasteiger partial charge < -0.3 is 15.0 Å². The lowest BCUT2D eigenvalue weighted by molar-refractivity contribution is 0.0606. The van der Waals surface area contributed by atoms with Gasteiger partial charge in [0, 0.05) is 31.7 Å². The van der Waals surface area contributed by atoms with Crippen molar-refractivity contribution in [2.24, 2.45) is 0 Å². The molecule has 2 aliphatic rings. The number of methoxy groups -OCH3 is 1. The van der Waals surface area contributed by atoms with Gasteiger partial charge in [0.1, 0.15) is 9.77 Å². The number of carbonyl (C=O) groups is 2. The number of nitrogens with zero attached hydrogens (tertiary/aromatic N) is 2. The molecule has 2 aliphatic heterocycles. The number of hydrogen-bond acceptors (Lipinski definition) is 7. The first-order valence-corrected chi connectivity index (χ1v) is 13.5. The number of nitrogens with one attached hydrogen (secondary N) is 1. The van der Waals surface area contributed by atoms with Gasteiger partial charge in [0.05, 0.1) is 17.8 Å². The Balaban J connectivity index is 1.65. The molecule has 4 rings (SSSR count). The molecule has 1 aromatic heterocycles. The number of hydrogen-bond donors (Lipinski definition) is 1. The van der Waals surface area contributed by atoms with Crippen molar-refractivity contribution in [1.82, 2.24) is 4.31 Å². The maximum Gasteiger partial charge on any atom is 0.348 e. The van der Waals surface area contributed by atoms with Crippen molar-refractivity contribution in [3.8, 4) is 0 Å². The fourth-order valence-electron chi connectivity index (χ4n) is 4.30. The highest BCUT2D eigenvalue weighted by atomic mass is 32.2. The summed E-state index contributed by atoms with van der Waals surface area (Å²) in [5, 5.41) is 3.25. The van der Waals surface area contributed by atoms with Crippen LogP contribution in [0.15, 0.2) is 35.2 Å². The first-order chi connectivity index (χ1) is 15.9. The van der Waals surface area contributed by atoms with Gasteiger partial charge in [-0.15, -0.1) is 11.3 Å². The Hall–Kier alpha value is -2.43. The summed E-state index contributed by atoms with van der Waals surface area (Å²) in [6, 6.07) is 8.13. The summed E-state index contributed by atoms with van der Waals surface area (Å²) >= 11 is 1.11. The van der Waals surface area contributed by atoms with Gasteiger partial charge in [-0.1, -0.05) is 6.42 Å². The molecule has 0 saturated carbocycles. The predicted octanol–water partition coefficient (Wildman–Crippen LogP) is 3.95. The number of anilines is 2. The molecule has 1 N–H and O–H groups in total. The molecular formula is C23H29N3O5S2. The summed E-state index contributed by atoms with van der Waals surface area (Å²) < 4.78 is 33.5. The molecule has 2 fully saturated rings. The lowest BCUT2D eigenvalue weighted by atomic mass is 10.1. The first-order valence-electron chi connectivity index (χ1n) is 11.3. The Morgan fingerprint density at radius 3 is 2.27 bits per heavy atom. The minimum atomic E-state index is -3.73. The van der Waals surface area contributed by atoms with Crippen LogP contribution in [-0.4, -0.2) is 57.9 Å². The minimum Gasteiger partial charge on any atom is -0.465 e. The Bertz CT molecular complexity index is 1120. The van der Waals surface area contributed by atoms with E-state index < -0.39 is 21.9 Å². The fourth-order valence-corrected chi connectivity index (χ4v) is 6.88. The van der Waals surface area contributed by atoms with Crippen molar-refractivity contribution >= 4 is 43.9 Å². The van der Waals surface area contributed by atoms with Gasteiger partial charge in [-0.2, -0.15) is 4.31 Å². The molecule has 0 atom stereocenters. The number of benzene rings is 1. The van der Waals surface area contributed by atoms with E-state index in [0.29, 0.717) is 28.7 Å². The van der Waals surface area contributed by atoms with Crippen molar-refractivity contribution in [3.63, 3.8) is 0 Å². The average molecular weight is 492 g/mol. The zero-order chi connectivity index (χ0) is 23.4. The average Bonchev–Trinajstić information content (AvgIpc) is 3.32. The van der Waals surface area contributed by atoms with E-state index in [9.17, 15) is 18.0 Å². The van der Waals surface area contributed by atoms with Crippen molar-refractivity contribution in [1.29, 1.82) is 0 Å². The summed E-state index contributed by atoms with van der Waals surface area (Å²) in [6.45, 7) is 2.62. The number of rotatable bonds is 6. The molecular weight excluding hydrogens is 462 g/mol. The monoisotopic (exact) mass is 491 g/mol. The van der Waals surface area contributed by atoms with Gasteiger partial charge in [-0.25, -0.2) is 13.2 Å². The van der Waals surface area contributed by atoms with E-state index in [-0.39, 0.29) is 10.5 Å². The van der Waals surface area contributed by atoms with E-state index in [1.807, 2.05) is 0 Å². The van der Waals surface area contributed by atoms with E-state index in [4.69, 9.17) is 4.74 Å². The predicted molar refractivity (Wildman–Crippen MR) is 129 cm³/mol. The molecule has 3 heterocycles. The third-order valence-corrected chi connectivity index (χ3v) is 8.99. The van der Waals surface area contributed by atoms with Gasteiger partial charge in [-0.05, 0) is 62.4 Å². The van der Waals surface area contributed by atoms with Crippen LogP contribution >= 0.6 is 11.3 Å². The molecule has 0 radical (unpaired) electrons. The topological polar surface area (TPSA) is 96.0 Å². The summed E-state index contributed by atoms with van der Waals surface area (Å²) in [5.41, 5.74) is 0.931. The second kappa shape index (κ2) is 10.2. The van der Waals surface area contributed by atoms with E-state index >= 15 is 0 Å². The lowest BCUT2D eigenvalue weighted by Gasteiger charge is -2.33. The lowest BCUT2D eigenvalue weighted by Crippen LogP contribution is -2.37. The summed E-state index contributed by atoms with van der Waals surface area (Å²) in [4.78, 5) is 27.3. The molecule has 0 unspecified atom stereocenters. The van der Waals surface area contributed by atoms with E-state index in [1.54, 1.807) is 28.6 Å². The number of piperidine rings is 2. The van der Waals surface area contributed by atoms with Crippen LogP contribution in [0.4, 0.5) is 10.7 Å². The zero-order valence-corrected chi connectivity index (χ0v) is 20.3. The second-order valence-corrected chi connectivity index (χ2v) is 11.3. The highest BCUT2D eigenvalue weighted by Gasteiger charge is 2.31. The maximum absolute atomic E-state index is 13.6. The molecule has 8 nitrogen and oxygen atoms in total. The van der Waals surface area contributed by atoms with Gasteiger partial charge in [0.2, 0.25) is 10.0 Å². The molecule has 0 aliphatic carbocycles. The van der Waals surface area contributed by atoms with Crippen LogP contribution in [0.2, 0.25) is 0 Å². The molecule has 178 valence electrons. The summed E-state index contributed by atoms with van der Waals surface area (Å²) in [7, 11) is -2.43. The van der Waals surface area contributed by atoms with Crippen molar-refractivity contribution in [2.75, 3.05) is 43.5 Å². The van der Waals surface area contributed by atoms with Crippen LogP contribution in [0.25, 0.3) is 0 Å². The van der Waals surface area contributed by atoms with Crippen molar-refractivity contribution in [3.05, 3.63) is 40.8 Å². The summed E-state index contributed by atoms with van der Waals surface area (Å²) in [5.74, 6) is -0.894. The number of esters is 1. The third-order valence-electron chi connectivity index (χ3n) is 6.08. The van der Waals surface area contributed by atoms with Crippen molar-refractivity contribution < 1.29 is 22.7 Å². The Morgan fingerprint density at radius 2 is 1.61 bits per heavy atom. The molecule has 33 heavy (non-hydrogen) atoms. The van der Waals surface area contributed by atoms with Gasteiger partial charge in [0.25, 0.3) is 5.91 Å². The standard InChI is InChI=1S/C23H29N3O5S2/c1-31-23(28)19-10-11-21(32-19)24-22(27)17-8-9-18(25-12-4-2-5-13-25)20(16-17)33(29,30)26-14-6-3-7-15-26/h8-11,16H,2-7,12-15H2,1H3,(H,24,27). The van der Waals surface area contributed by atoms with E-state index in [0.717, 1.165) is 63.0 Å². The second-order valence-electron chi connectivity index (χ2n) is 8.30. The van der Waals surface area contributed by atoms with E-state index in [2.05, 4.69) is 10.2 Å². The Kier molecular flexibility index (Phi) is 7.35. The quantitative estimate of drug-likeness (QED) is 0.615. The van der Waals surface area contributed by atoms with Gasteiger partial charge in [0.15, 0.2) is 0 Å². The Labute approximate surface area is 198 Å². The molecule has 0 spiro atoms. The number of thiophene rings is 1. The molecule has 1 aromatic carbocycles. The summed E-state index contributed by atoms with van der Waals surface area (Å²) in [6.07, 6.45) is 5.90. The van der Waals surface area contributed by atoms with Crippen molar-refractivity contribution in [2.45, 2.75) is 43.4 Å². The largest absolute Gasteiger partial charge is 0.465 e. The normalized spacial score (nSPS) is 17.5. The molecule has 1 amide bonds. The number of carbonyl (C=O) groups excluding carboxylic acids is 2.